The van der Waals surface area contributed by atoms with Crippen LogP contribution in [-0.4, -0.2) is 37.5 Å². The maximum atomic E-state index is 11.1. The fourth-order valence-electron chi connectivity index (χ4n) is 1.79. The third-order valence-electron chi connectivity index (χ3n) is 2.32. The molecule has 0 aliphatic heterocycles. The minimum absolute atomic E-state index is 0.0304. The second-order valence-electron chi connectivity index (χ2n) is 4.35. The van der Waals surface area contributed by atoms with Crippen LogP contribution in [0.15, 0.2) is 30.3 Å². The van der Waals surface area contributed by atoms with E-state index >= 15 is 0 Å². The van der Waals surface area contributed by atoms with E-state index in [0.29, 0.717) is 0 Å². The smallest absolute Gasteiger partial charge is 0.217 e. The second kappa shape index (κ2) is 6.28. The first-order chi connectivity index (χ1) is 7.58. The average Bonchev–Trinajstić information content (AvgIpc) is 2.16. The van der Waals surface area contributed by atoms with Gasteiger partial charge in [-0.2, -0.15) is 0 Å². The third-order valence-corrected chi connectivity index (χ3v) is 2.32. The Hall–Kier alpha value is -1.35. The van der Waals surface area contributed by atoms with Crippen LogP contribution in [0.1, 0.15) is 12.5 Å². The predicted molar refractivity (Wildman–Crippen MR) is 66.3 cm³/mol. The maximum absolute atomic E-state index is 11.1. The van der Waals surface area contributed by atoms with E-state index in [0.717, 1.165) is 13.0 Å². The SMILES string of the molecule is CC(=O)N[C@@H](Cc1ccccc1)CN(C)C. The lowest BCUT2D eigenvalue weighted by Crippen LogP contribution is -2.42. The van der Waals surface area contributed by atoms with Crippen LogP contribution >= 0.6 is 0 Å². The van der Waals surface area contributed by atoms with Gasteiger partial charge in [-0.25, -0.2) is 0 Å². The number of likely N-dealkylation sites (N-methyl/N-ethyl adjacent to an activating group) is 1. The molecule has 1 rings (SSSR count). The van der Waals surface area contributed by atoms with Crippen LogP contribution < -0.4 is 5.32 Å². The summed E-state index contributed by atoms with van der Waals surface area (Å²) in [6, 6.07) is 10.4. The van der Waals surface area contributed by atoms with Crippen molar-refractivity contribution in [3.8, 4) is 0 Å². The van der Waals surface area contributed by atoms with Crippen LogP contribution in [0.25, 0.3) is 0 Å². The highest BCUT2D eigenvalue weighted by Crippen LogP contribution is 2.03. The van der Waals surface area contributed by atoms with Gasteiger partial charge in [-0.1, -0.05) is 30.3 Å². The number of hydrogen-bond donors (Lipinski definition) is 1. The molecule has 3 heteroatoms. The largest absolute Gasteiger partial charge is 0.352 e. The van der Waals surface area contributed by atoms with Crippen molar-refractivity contribution in [3.05, 3.63) is 35.9 Å². The Morgan fingerprint density at radius 3 is 2.44 bits per heavy atom. The number of benzene rings is 1. The number of hydrogen-bond acceptors (Lipinski definition) is 2. The Morgan fingerprint density at radius 1 is 1.31 bits per heavy atom. The zero-order valence-electron chi connectivity index (χ0n) is 10.2. The summed E-state index contributed by atoms with van der Waals surface area (Å²) in [6.07, 6.45) is 0.874. The number of nitrogens with zero attached hydrogens (tertiary/aromatic N) is 1. The normalized spacial score (nSPS) is 12.5. The molecule has 0 aliphatic rings. The quantitative estimate of drug-likeness (QED) is 0.811. The number of nitrogens with one attached hydrogen (secondary N) is 1. The molecule has 1 aromatic rings. The number of carbonyl (C=O) groups is 1. The molecule has 0 radical (unpaired) electrons. The predicted octanol–water partition coefficient (Wildman–Crippen LogP) is 1.30. The van der Waals surface area contributed by atoms with Crippen molar-refractivity contribution in [2.24, 2.45) is 0 Å². The number of rotatable bonds is 5. The Balaban J connectivity index is 2.59. The van der Waals surface area contributed by atoms with E-state index in [9.17, 15) is 4.79 Å². The van der Waals surface area contributed by atoms with Gasteiger partial charge >= 0.3 is 0 Å². The molecule has 0 saturated heterocycles. The van der Waals surface area contributed by atoms with Crippen LogP contribution in [0.4, 0.5) is 0 Å². The van der Waals surface area contributed by atoms with Crippen LogP contribution in [0.2, 0.25) is 0 Å². The highest BCUT2D eigenvalue weighted by molar-refractivity contribution is 5.73. The van der Waals surface area contributed by atoms with Crippen molar-refractivity contribution in [3.63, 3.8) is 0 Å². The summed E-state index contributed by atoms with van der Waals surface area (Å²) in [7, 11) is 4.03. The van der Waals surface area contributed by atoms with Crippen molar-refractivity contribution >= 4 is 5.91 Å². The number of amides is 1. The van der Waals surface area contributed by atoms with Gasteiger partial charge in [-0.3, -0.25) is 4.79 Å². The standard InChI is InChI=1S/C13H20N2O/c1-11(16)14-13(10-15(2)3)9-12-7-5-4-6-8-12/h4-8,13H,9-10H2,1-3H3,(H,14,16)/t13-/m0/s1. The van der Waals surface area contributed by atoms with Gasteiger partial charge in [0.15, 0.2) is 0 Å². The van der Waals surface area contributed by atoms with Crippen LogP contribution in [0, 0.1) is 0 Å². The molecular formula is C13H20N2O. The van der Waals surface area contributed by atoms with Gasteiger partial charge in [0.1, 0.15) is 0 Å². The minimum atomic E-state index is 0.0304. The first-order valence-electron chi connectivity index (χ1n) is 5.53. The van der Waals surface area contributed by atoms with Crippen LogP contribution in [0.3, 0.4) is 0 Å². The van der Waals surface area contributed by atoms with Gasteiger partial charge in [0.05, 0.1) is 0 Å². The zero-order chi connectivity index (χ0) is 12.0. The van der Waals surface area contributed by atoms with E-state index in [1.54, 1.807) is 6.92 Å². The first kappa shape index (κ1) is 12.7. The molecule has 0 fully saturated rings. The summed E-state index contributed by atoms with van der Waals surface area (Å²) in [5.41, 5.74) is 1.25. The third kappa shape index (κ3) is 4.94. The second-order valence-corrected chi connectivity index (χ2v) is 4.35. The Labute approximate surface area is 97.5 Å². The molecule has 88 valence electrons. The molecule has 1 aromatic carbocycles. The molecule has 0 aliphatic carbocycles. The average molecular weight is 220 g/mol. The van der Waals surface area contributed by atoms with Crippen molar-refractivity contribution in [2.45, 2.75) is 19.4 Å². The van der Waals surface area contributed by atoms with Gasteiger partial charge in [0.2, 0.25) is 5.91 Å². The van der Waals surface area contributed by atoms with E-state index in [4.69, 9.17) is 0 Å². The Morgan fingerprint density at radius 2 is 1.94 bits per heavy atom. The zero-order valence-corrected chi connectivity index (χ0v) is 10.2. The van der Waals surface area contributed by atoms with Crippen molar-refractivity contribution in [1.82, 2.24) is 10.2 Å². The van der Waals surface area contributed by atoms with Gasteiger partial charge in [0.25, 0.3) is 0 Å². The van der Waals surface area contributed by atoms with Crippen LogP contribution in [-0.2, 0) is 11.2 Å². The fraction of sp³-hybridized carbons (Fsp3) is 0.462. The molecule has 0 saturated carbocycles. The molecule has 3 nitrogen and oxygen atoms in total. The number of carbonyl (C=O) groups excluding carboxylic acids is 1. The first-order valence-corrected chi connectivity index (χ1v) is 5.53. The summed E-state index contributed by atoms with van der Waals surface area (Å²) in [4.78, 5) is 13.2. The molecule has 0 bridgehead atoms. The Kier molecular flexibility index (Phi) is 4.99. The van der Waals surface area contributed by atoms with E-state index in [-0.39, 0.29) is 11.9 Å². The minimum Gasteiger partial charge on any atom is -0.352 e. The highest BCUT2D eigenvalue weighted by atomic mass is 16.1. The monoisotopic (exact) mass is 220 g/mol. The van der Waals surface area contributed by atoms with Crippen molar-refractivity contribution < 1.29 is 4.79 Å². The Bertz CT molecular complexity index is 322. The highest BCUT2D eigenvalue weighted by Gasteiger charge is 2.11. The summed E-state index contributed by atoms with van der Waals surface area (Å²) < 4.78 is 0. The lowest BCUT2D eigenvalue weighted by atomic mass is 10.1. The van der Waals surface area contributed by atoms with E-state index < -0.39 is 0 Å². The van der Waals surface area contributed by atoms with Gasteiger partial charge in [-0.05, 0) is 26.1 Å². The van der Waals surface area contributed by atoms with E-state index in [1.807, 2.05) is 32.3 Å². The molecule has 0 spiro atoms. The molecule has 0 heterocycles. The molecule has 1 amide bonds. The van der Waals surface area contributed by atoms with Gasteiger partial charge in [0, 0.05) is 19.5 Å². The van der Waals surface area contributed by atoms with Gasteiger partial charge < -0.3 is 10.2 Å². The molecule has 1 atom stereocenters. The fourth-order valence-corrected chi connectivity index (χ4v) is 1.79. The van der Waals surface area contributed by atoms with Crippen molar-refractivity contribution in [1.29, 1.82) is 0 Å². The molecule has 0 unspecified atom stereocenters. The molecule has 16 heavy (non-hydrogen) atoms. The lowest BCUT2D eigenvalue weighted by Gasteiger charge is -2.21. The van der Waals surface area contributed by atoms with Gasteiger partial charge in [-0.15, -0.1) is 0 Å². The van der Waals surface area contributed by atoms with E-state index in [1.165, 1.54) is 5.56 Å². The summed E-state index contributed by atoms with van der Waals surface area (Å²) >= 11 is 0. The molecule has 0 aromatic heterocycles. The molecular weight excluding hydrogens is 200 g/mol. The lowest BCUT2D eigenvalue weighted by molar-refractivity contribution is -0.119. The summed E-state index contributed by atoms with van der Waals surface area (Å²) in [5.74, 6) is 0.0304. The maximum Gasteiger partial charge on any atom is 0.217 e. The van der Waals surface area contributed by atoms with Crippen LogP contribution in [0.5, 0.6) is 0 Å². The summed E-state index contributed by atoms with van der Waals surface area (Å²) in [6.45, 7) is 2.42. The van der Waals surface area contributed by atoms with Crippen molar-refractivity contribution in [2.75, 3.05) is 20.6 Å². The summed E-state index contributed by atoms with van der Waals surface area (Å²) in [5, 5.41) is 2.98. The van der Waals surface area contributed by atoms with E-state index in [2.05, 4.69) is 22.3 Å². The molecule has 1 N–H and O–H groups in total. The topological polar surface area (TPSA) is 32.3 Å².